The summed E-state index contributed by atoms with van der Waals surface area (Å²) in [6.45, 7) is 1.14. The predicted octanol–water partition coefficient (Wildman–Crippen LogP) is 2.06. The Bertz CT molecular complexity index is 585. The number of hydrogen-bond acceptors (Lipinski definition) is 4. The molecule has 2 N–H and O–H groups in total. The maximum absolute atomic E-state index is 11.6. The van der Waals surface area contributed by atoms with Crippen molar-refractivity contribution < 1.29 is 14.3 Å². The Hall–Kier alpha value is -2.34. The van der Waals surface area contributed by atoms with Gasteiger partial charge in [0.1, 0.15) is 5.75 Å². The van der Waals surface area contributed by atoms with Crippen LogP contribution < -0.4 is 15.4 Å². The zero-order valence-corrected chi connectivity index (χ0v) is 12.9. The van der Waals surface area contributed by atoms with E-state index >= 15 is 0 Å². The Kier molecular flexibility index (Phi) is 6.44. The molecule has 1 aromatic heterocycles. The molecule has 6 heteroatoms. The number of carbonyl (C=O) groups excluding carboxylic acids is 2. The van der Waals surface area contributed by atoms with Crippen LogP contribution in [0.25, 0.3) is 0 Å². The van der Waals surface area contributed by atoms with Crippen LogP contribution in [-0.2, 0) is 4.79 Å². The fraction of sp³-hybridized carbons (Fsp3) is 0.250. The molecular weight excluding hydrogens is 300 g/mol. The predicted molar refractivity (Wildman–Crippen MR) is 86.2 cm³/mol. The number of thiophene rings is 1. The number of benzene rings is 1. The molecule has 0 aliphatic heterocycles. The van der Waals surface area contributed by atoms with Gasteiger partial charge in [0.25, 0.3) is 5.91 Å². The SMILES string of the molecule is O=C(CCOc1ccccc1)NCCNC(=O)c1cccs1. The van der Waals surface area contributed by atoms with Gasteiger partial charge in [0.05, 0.1) is 17.9 Å². The monoisotopic (exact) mass is 318 g/mol. The molecule has 1 aromatic carbocycles. The molecule has 0 unspecified atom stereocenters. The second kappa shape index (κ2) is 8.84. The summed E-state index contributed by atoms with van der Waals surface area (Å²) in [5.41, 5.74) is 0. The van der Waals surface area contributed by atoms with Gasteiger partial charge in [0.2, 0.25) is 5.91 Å². The highest BCUT2D eigenvalue weighted by molar-refractivity contribution is 7.12. The van der Waals surface area contributed by atoms with Gasteiger partial charge in [-0.3, -0.25) is 9.59 Å². The van der Waals surface area contributed by atoms with Crippen LogP contribution in [-0.4, -0.2) is 31.5 Å². The molecule has 22 heavy (non-hydrogen) atoms. The largest absolute Gasteiger partial charge is 0.493 e. The minimum atomic E-state index is -0.114. The molecule has 0 saturated carbocycles. The third kappa shape index (κ3) is 5.57. The third-order valence-electron chi connectivity index (χ3n) is 2.82. The number of nitrogens with one attached hydrogen (secondary N) is 2. The van der Waals surface area contributed by atoms with Gasteiger partial charge in [-0.1, -0.05) is 24.3 Å². The average Bonchev–Trinajstić information content (AvgIpc) is 3.07. The summed E-state index contributed by atoms with van der Waals surface area (Å²) < 4.78 is 5.44. The first-order valence-electron chi connectivity index (χ1n) is 7.02. The molecule has 0 fully saturated rings. The molecule has 2 amide bonds. The van der Waals surface area contributed by atoms with Crippen LogP contribution in [0.4, 0.5) is 0 Å². The summed E-state index contributed by atoms with van der Waals surface area (Å²) in [5.74, 6) is 0.538. The Morgan fingerprint density at radius 3 is 2.50 bits per heavy atom. The molecule has 0 saturated heterocycles. The second-order valence-corrected chi connectivity index (χ2v) is 5.44. The van der Waals surface area contributed by atoms with E-state index in [9.17, 15) is 9.59 Å². The van der Waals surface area contributed by atoms with E-state index in [1.807, 2.05) is 41.8 Å². The second-order valence-electron chi connectivity index (χ2n) is 4.49. The van der Waals surface area contributed by atoms with Gasteiger partial charge in [-0.05, 0) is 23.6 Å². The fourth-order valence-electron chi connectivity index (χ4n) is 1.74. The van der Waals surface area contributed by atoms with Crippen molar-refractivity contribution in [2.75, 3.05) is 19.7 Å². The molecule has 0 radical (unpaired) electrons. The van der Waals surface area contributed by atoms with E-state index in [1.54, 1.807) is 6.07 Å². The van der Waals surface area contributed by atoms with Crippen molar-refractivity contribution in [1.82, 2.24) is 10.6 Å². The van der Waals surface area contributed by atoms with Crippen LogP contribution in [0.15, 0.2) is 47.8 Å². The summed E-state index contributed by atoms with van der Waals surface area (Å²) >= 11 is 1.39. The Balaban J connectivity index is 1.53. The number of ether oxygens (including phenoxy) is 1. The molecule has 0 bridgehead atoms. The molecule has 5 nitrogen and oxygen atoms in total. The summed E-state index contributed by atoms with van der Waals surface area (Å²) in [6, 6.07) is 12.9. The molecular formula is C16H18N2O3S. The van der Waals surface area contributed by atoms with E-state index in [1.165, 1.54) is 11.3 Å². The minimum Gasteiger partial charge on any atom is -0.493 e. The zero-order valence-electron chi connectivity index (χ0n) is 12.1. The molecule has 2 rings (SSSR count). The highest BCUT2D eigenvalue weighted by Crippen LogP contribution is 2.08. The van der Waals surface area contributed by atoms with Crippen molar-refractivity contribution in [3.8, 4) is 5.75 Å². The van der Waals surface area contributed by atoms with E-state index in [0.717, 1.165) is 5.75 Å². The Morgan fingerprint density at radius 1 is 1.00 bits per heavy atom. The molecule has 0 aliphatic rings. The number of amides is 2. The normalized spacial score (nSPS) is 10.0. The summed E-state index contributed by atoms with van der Waals surface area (Å²) in [6.07, 6.45) is 0.285. The van der Waals surface area contributed by atoms with Crippen LogP contribution in [0.2, 0.25) is 0 Å². The van der Waals surface area contributed by atoms with E-state index in [2.05, 4.69) is 10.6 Å². The minimum absolute atomic E-state index is 0.0960. The zero-order chi connectivity index (χ0) is 15.6. The number of hydrogen-bond donors (Lipinski definition) is 2. The lowest BCUT2D eigenvalue weighted by molar-refractivity contribution is -0.121. The van der Waals surface area contributed by atoms with Gasteiger partial charge in [0, 0.05) is 13.1 Å². The lowest BCUT2D eigenvalue weighted by Gasteiger charge is -2.08. The number of carbonyl (C=O) groups is 2. The molecule has 0 aliphatic carbocycles. The molecule has 2 aromatic rings. The van der Waals surface area contributed by atoms with Gasteiger partial charge in [-0.15, -0.1) is 11.3 Å². The maximum atomic E-state index is 11.6. The van der Waals surface area contributed by atoms with Crippen molar-refractivity contribution in [1.29, 1.82) is 0 Å². The first-order chi connectivity index (χ1) is 10.8. The Labute approximate surface area is 133 Å². The van der Waals surface area contributed by atoms with Gasteiger partial charge < -0.3 is 15.4 Å². The van der Waals surface area contributed by atoms with E-state index in [-0.39, 0.29) is 18.2 Å². The molecule has 1 heterocycles. The molecule has 116 valence electrons. The average molecular weight is 318 g/mol. The first-order valence-corrected chi connectivity index (χ1v) is 7.90. The van der Waals surface area contributed by atoms with Gasteiger partial charge >= 0.3 is 0 Å². The van der Waals surface area contributed by atoms with Gasteiger partial charge in [0.15, 0.2) is 0 Å². The lowest BCUT2D eigenvalue weighted by atomic mass is 10.3. The van der Waals surface area contributed by atoms with Crippen molar-refractivity contribution in [2.45, 2.75) is 6.42 Å². The van der Waals surface area contributed by atoms with Crippen LogP contribution in [0.1, 0.15) is 16.1 Å². The quantitative estimate of drug-likeness (QED) is 0.732. The molecule has 0 spiro atoms. The van der Waals surface area contributed by atoms with E-state index in [4.69, 9.17) is 4.74 Å². The van der Waals surface area contributed by atoms with E-state index in [0.29, 0.717) is 24.6 Å². The molecule has 0 atom stereocenters. The van der Waals surface area contributed by atoms with Crippen LogP contribution in [0.3, 0.4) is 0 Å². The van der Waals surface area contributed by atoms with Crippen LogP contribution in [0.5, 0.6) is 5.75 Å². The Morgan fingerprint density at radius 2 is 1.77 bits per heavy atom. The van der Waals surface area contributed by atoms with Gasteiger partial charge in [-0.2, -0.15) is 0 Å². The number of rotatable bonds is 8. The standard InChI is InChI=1S/C16H18N2O3S/c19-15(8-11-21-13-5-2-1-3-6-13)17-9-10-18-16(20)14-7-4-12-22-14/h1-7,12H,8-11H2,(H,17,19)(H,18,20). The number of para-hydroxylation sites is 1. The first kappa shape index (κ1) is 16.0. The highest BCUT2D eigenvalue weighted by Gasteiger charge is 2.05. The summed E-state index contributed by atoms with van der Waals surface area (Å²) in [5, 5.41) is 7.34. The maximum Gasteiger partial charge on any atom is 0.261 e. The fourth-order valence-corrected chi connectivity index (χ4v) is 2.38. The third-order valence-corrected chi connectivity index (χ3v) is 3.69. The summed E-state index contributed by atoms with van der Waals surface area (Å²) in [7, 11) is 0. The van der Waals surface area contributed by atoms with Crippen molar-refractivity contribution in [3.05, 3.63) is 52.7 Å². The van der Waals surface area contributed by atoms with Crippen LogP contribution >= 0.6 is 11.3 Å². The lowest BCUT2D eigenvalue weighted by Crippen LogP contribution is -2.34. The van der Waals surface area contributed by atoms with E-state index < -0.39 is 0 Å². The van der Waals surface area contributed by atoms with Gasteiger partial charge in [-0.25, -0.2) is 0 Å². The van der Waals surface area contributed by atoms with Crippen molar-refractivity contribution in [2.24, 2.45) is 0 Å². The topological polar surface area (TPSA) is 67.4 Å². The smallest absolute Gasteiger partial charge is 0.261 e. The van der Waals surface area contributed by atoms with Crippen molar-refractivity contribution >= 4 is 23.2 Å². The highest BCUT2D eigenvalue weighted by atomic mass is 32.1. The van der Waals surface area contributed by atoms with Crippen LogP contribution in [0, 0.1) is 0 Å². The summed E-state index contributed by atoms with van der Waals surface area (Å²) in [4.78, 5) is 23.9. The van der Waals surface area contributed by atoms with Crippen molar-refractivity contribution in [3.63, 3.8) is 0 Å².